The fourth-order valence-electron chi connectivity index (χ4n) is 0.589. The van der Waals surface area contributed by atoms with E-state index in [-0.39, 0.29) is 11.0 Å². The summed E-state index contributed by atoms with van der Waals surface area (Å²) in [5.41, 5.74) is 1.17. The van der Waals surface area contributed by atoms with Gasteiger partial charge >= 0.3 is 0 Å². The maximum atomic E-state index is 3.63. The van der Waals surface area contributed by atoms with Gasteiger partial charge in [0.1, 0.15) is 0 Å². The van der Waals surface area contributed by atoms with Crippen LogP contribution in [0.4, 0.5) is 0 Å². The van der Waals surface area contributed by atoms with Gasteiger partial charge in [-0.2, -0.15) is 0 Å². The molecular formula is C8H12Si. The lowest BCUT2D eigenvalue weighted by Gasteiger charge is -1.85. The highest BCUT2D eigenvalue weighted by Gasteiger charge is 1.75. The first-order chi connectivity index (χ1) is 3.93. The summed E-state index contributed by atoms with van der Waals surface area (Å²) >= 11 is 0. The summed E-state index contributed by atoms with van der Waals surface area (Å²) in [5.74, 6) is 0. The highest BCUT2D eigenvalue weighted by molar-refractivity contribution is 5.75. The molecule has 0 atom stereocenters. The van der Waals surface area contributed by atoms with Crippen molar-refractivity contribution in [2.24, 2.45) is 0 Å². The Balaban J connectivity index is 0.000000640. The topological polar surface area (TPSA) is 0 Å². The molecule has 1 heteroatoms. The molecule has 48 valence electrons. The predicted molar refractivity (Wildman–Crippen MR) is 47.9 cm³/mol. The van der Waals surface area contributed by atoms with Gasteiger partial charge < -0.3 is 0 Å². The first-order valence-corrected chi connectivity index (χ1v) is 2.61. The van der Waals surface area contributed by atoms with Crippen LogP contribution in [-0.4, -0.2) is 11.0 Å². The Kier molecular flexibility index (Phi) is 3.72. The Morgan fingerprint density at radius 2 is 1.67 bits per heavy atom. The number of rotatable bonds is 1. The summed E-state index contributed by atoms with van der Waals surface area (Å²) in [6.07, 6.45) is 1.83. The highest BCUT2D eigenvalue weighted by Crippen LogP contribution is 1.97. The van der Waals surface area contributed by atoms with E-state index in [1.165, 1.54) is 5.56 Å². The van der Waals surface area contributed by atoms with Gasteiger partial charge in [-0.15, -0.1) is 0 Å². The number of hydrogen-bond donors (Lipinski definition) is 0. The summed E-state index contributed by atoms with van der Waals surface area (Å²) in [5, 5.41) is 0. The molecule has 1 aromatic carbocycles. The van der Waals surface area contributed by atoms with Crippen LogP contribution in [0.15, 0.2) is 36.9 Å². The van der Waals surface area contributed by atoms with Crippen LogP contribution in [0, 0.1) is 0 Å². The normalized spacial score (nSPS) is 7.56. The Hall–Kier alpha value is -0.823. The molecule has 0 aromatic heterocycles. The van der Waals surface area contributed by atoms with Gasteiger partial charge in [0.05, 0.1) is 0 Å². The molecule has 0 aliphatic heterocycles. The van der Waals surface area contributed by atoms with Gasteiger partial charge in [-0.25, -0.2) is 0 Å². The minimum Gasteiger partial charge on any atom is -0.0985 e. The Labute approximate surface area is 60.2 Å². The maximum absolute atomic E-state index is 3.63. The van der Waals surface area contributed by atoms with Crippen molar-refractivity contribution in [1.29, 1.82) is 0 Å². The third-order valence-corrected chi connectivity index (χ3v) is 1.04. The SMILES string of the molecule is C=Cc1ccccc1.[SiH4]. The van der Waals surface area contributed by atoms with E-state index in [9.17, 15) is 0 Å². The summed E-state index contributed by atoms with van der Waals surface area (Å²) in [4.78, 5) is 0. The van der Waals surface area contributed by atoms with Crippen LogP contribution in [0.1, 0.15) is 5.56 Å². The second-order valence-electron chi connectivity index (χ2n) is 1.61. The van der Waals surface area contributed by atoms with Crippen LogP contribution in [0.3, 0.4) is 0 Å². The molecule has 1 rings (SSSR count). The van der Waals surface area contributed by atoms with Crippen LogP contribution >= 0.6 is 0 Å². The molecule has 0 fully saturated rings. The molecule has 0 nitrogen and oxygen atoms in total. The molecule has 0 unspecified atom stereocenters. The largest absolute Gasteiger partial charge is 0.0985 e. The molecule has 0 saturated carbocycles. The first-order valence-electron chi connectivity index (χ1n) is 2.61. The second kappa shape index (κ2) is 4.10. The monoisotopic (exact) mass is 136 g/mol. The van der Waals surface area contributed by atoms with Gasteiger partial charge in [-0.1, -0.05) is 43.0 Å². The molecular weight excluding hydrogens is 124 g/mol. The van der Waals surface area contributed by atoms with E-state index < -0.39 is 0 Å². The Bertz CT molecular complexity index is 167. The number of hydrogen-bond acceptors (Lipinski definition) is 0. The average Bonchev–Trinajstić information content (AvgIpc) is 1.90. The molecule has 0 saturated heterocycles. The summed E-state index contributed by atoms with van der Waals surface area (Å²) < 4.78 is 0. The summed E-state index contributed by atoms with van der Waals surface area (Å²) in [6.45, 7) is 3.63. The Morgan fingerprint density at radius 1 is 1.11 bits per heavy atom. The molecule has 0 amide bonds. The van der Waals surface area contributed by atoms with E-state index in [4.69, 9.17) is 0 Å². The Morgan fingerprint density at radius 3 is 2.00 bits per heavy atom. The van der Waals surface area contributed by atoms with Crippen molar-refractivity contribution in [2.75, 3.05) is 0 Å². The molecule has 0 spiro atoms. The van der Waals surface area contributed by atoms with Crippen molar-refractivity contribution < 1.29 is 0 Å². The average molecular weight is 136 g/mol. The van der Waals surface area contributed by atoms with Gasteiger partial charge in [0.15, 0.2) is 0 Å². The molecule has 0 bridgehead atoms. The van der Waals surface area contributed by atoms with Gasteiger partial charge in [0.2, 0.25) is 0 Å². The molecule has 9 heavy (non-hydrogen) atoms. The number of benzene rings is 1. The van der Waals surface area contributed by atoms with Crippen molar-refractivity contribution in [3.8, 4) is 0 Å². The minimum absolute atomic E-state index is 0. The summed E-state index contributed by atoms with van der Waals surface area (Å²) in [7, 11) is 0. The fraction of sp³-hybridized carbons (Fsp3) is 0. The lowest BCUT2D eigenvalue weighted by molar-refractivity contribution is 1.67. The van der Waals surface area contributed by atoms with Gasteiger partial charge in [0.25, 0.3) is 0 Å². The lowest BCUT2D eigenvalue weighted by atomic mass is 10.2. The van der Waals surface area contributed by atoms with E-state index >= 15 is 0 Å². The zero-order valence-electron chi connectivity index (χ0n) is 4.67. The molecule has 0 aliphatic carbocycles. The molecule has 0 aliphatic rings. The minimum atomic E-state index is 0. The second-order valence-corrected chi connectivity index (χ2v) is 1.61. The third-order valence-electron chi connectivity index (χ3n) is 1.04. The zero-order valence-corrected chi connectivity index (χ0v) is 4.67. The first kappa shape index (κ1) is 8.18. The molecule has 0 heterocycles. The lowest BCUT2D eigenvalue weighted by Crippen LogP contribution is -1.63. The van der Waals surface area contributed by atoms with Gasteiger partial charge in [-0.3, -0.25) is 0 Å². The van der Waals surface area contributed by atoms with E-state index in [1.807, 2.05) is 36.4 Å². The van der Waals surface area contributed by atoms with Crippen LogP contribution in [0.25, 0.3) is 6.08 Å². The van der Waals surface area contributed by atoms with E-state index in [1.54, 1.807) is 0 Å². The van der Waals surface area contributed by atoms with E-state index in [0.717, 1.165) is 0 Å². The van der Waals surface area contributed by atoms with Crippen molar-refractivity contribution in [2.45, 2.75) is 0 Å². The molecule has 0 N–H and O–H groups in total. The zero-order chi connectivity index (χ0) is 5.82. The molecule has 1 aromatic rings. The third kappa shape index (κ3) is 2.28. The smallest absolute Gasteiger partial charge is 0.0149 e. The standard InChI is InChI=1S/C8H8.H4Si/c1-2-8-6-4-3-5-7-8;/h2-7H,1H2;1H4. The van der Waals surface area contributed by atoms with E-state index in [2.05, 4.69) is 6.58 Å². The highest BCUT2D eigenvalue weighted by atomic mass is 28.1. The van der Waals surface area contributed by atoms with E-state index in [0.29, 0.717) is 0 Å². The van der Waals surface area contributed by atoms with Crippen LogP contribution in [0.2, 0.25) is 0 Å². The maximum Gasteiger partial charge on any atom is -0.0149 e. The van der Waals surface area contributed by atoms with Gasteiger partial charge in [-0.05, 0) is 16.5 Å². The summed E-state index contributed by atoms with van der Waals surface area (Å²) in [6, 6.07) is 10.0. The van der Waals surface area contributed by atoms with Crippen molar-refractivity contribution in [1.82, 2.24) is 0 Å². The van der Waals surface area contributed by atoms with Crippen LogP contribution in [-0.2, 0) is 0 Å². The quantitative estimate of drug-likeness (QED) is 0.503. The van der Waals surface area contributed by atoms with Crippen molar-refractivity contribution in [3.05, 3.63) is 42.5 Å². The predicted octanol–water partition coefficient (Wildman–Crippen LogP) is 0.878. The van der Waals surface area contributed by atoms with Crippen LogP contribution in [0.5, 0.6) is 0 Å². The van der Waals surface area contributed by atoms with Crippen LogP contribution < -0.4 is 0 Å². The van der Waals surface area contributed by atoms with Crippen molar-refractivity contribution in [3.63, 3.8) is 0 Å². The molecule has 0 radical (unpaired) electrons. The van der Waals surface area contributed by atoms with Gasteiger partial charge in [0, 0.05) is 0 Å². The van der Waals surface area contributed by atoms with Crippen molar-refractivity contribution >= 4 is 17.0 Å². The fourth-order valence-corrected chi connectivity index (χ4v) is 0.589.